The van der Waals surface area contributed by atoms with Crippen molar-refractivity contribution in [1.29, 1.82) is 0 Å². The van der Waals surface area contributed by atoms with Crippen LogP contribution in [0, 0.1) is 12.7 Å². The topological polar surface area (TPSA) is 155 Å². The lowest BCUT2D eigenvalue weighted by Crippen LogP contribution is -2.50. The van der Waals surface area contributed by atoms with Gasteiger partial charge in [-0.25, -0.2) is 13.9 Å². The number of piperazine rings is 1. The highest BCUT2D eigenvalue weighted by atomic mass is 19.1. The van der Waals surface area contributed by atoms with Crippen molar-refractivity contribution in [1.82, 2.24) is 24.5 Å². The number of carbonyl (C=O) groups excluding carboxylic acids is 2. The molecule has 0 spiro atoms. The third-order valence-electron chi connectivity index (χ3n) is 8.78. The largest absolute Gasteiger partial charge is 0.477 e. The first-order chi connectivity index (χ1) is 22.6. The molecule has 2 aromatic heterocycles. The van der Waals surface area contributed by atoms with Crippen LogP contribution < -0.4 is 15.2 Å². The van der Waals surface area contributed by atoms with Crippen LogP contribution in [0.25, 0.3) is 10.9 Å². The van der Waals surface area contributed by atoms with Gasteiger partial charge in [0.25, 0.3) is 5.91 Å². The van der Waals surface area contributed by atoms with Gasteiger partial charge in [0, 0.05) is 49.4 Å². The van der Waals surface area contributed by atoms with Crippen LogP contribution in [0.2, 0.25) is 0 Å². The number of carbonyl (C=O) groups is 3. The van der Waals surface area contributed by atoms with E-state index in [4.69, 9.17) is 4.84 Å². The summed E-state index contributed by atoms with van der Waals surface area (Å²) in [6, 6.07) is 8.43. The number of halogens is 1. The van der Waals surface area contributed by atoms with Gasteiger partial charge in [0.15, 0.2) is 5.71 Å². The SMILES string of the molecule is CO/N=C1/C(=O)N(Cc2cn(CC(=O)N3CCN(c4cc5c(cc4F)c(=O)c(C(=O)O)cn5C4CC4)CC3)nn2)c2ccc(C)cc21. The number of carboxylic acid groups (broad SMARTS) is 1. The highest BCUT2D eigenvalue weighted by Crippen LogP contribution is 2.38. The van der Waals surface area contributed by atoms with Crippen LogP contribution in [0.5, 0.6) is 0 Å². The van der Waals surface area contributed by atoms with E-state index >= 15 is 4.39 Å². The highest BCUT2D eigenvalue weighted by molar-refractivity contribution is 6.54. The second-order valence-corrected chi connectivity index (χ2v) is 11.9. The summed E-state index contributed by atoms with van der Waals surface area (Å²) < 4.78 is 18.6. The van der Waals surface area contributed by atoms with Crippen LogP contribution in [0.1, 0.15) is 46.1 Å². The van der Waals surface area contributed by atoms with Crippen LogP contribution in [0.4, 0.5) is 15.8 Å². The predicted octanol–water partition coefficient (Wildman–Crippen LogP) is 2.32. The number of pyridine rings is 1. The molecule has 7 rings (SSSR count). The fourth-order valence-electron chi connectivity index (χ4n) is 6.26. The number of anilines is 2. The number of nitrogens with zero attached hydrogens (tertiary/aromatic N) is 8. The molecule has 1 N–H and O–H groups in total. The minimum absolute atomic E-state index is 0.0380. The monoisotopic (exact) mass is 642 g/mol. The molecule has 4 heterocycles. The normalized spacial score (nSPS) is 17.1. The molecule has 0 radical (unpaired) electrons. The van der Waals surface area contributed by atoms with Crippen molar-refractivity contribution in [3.05, 3.63) is 81.2 Å². The summed E-state index contributed by atoms with van der Waals surface area (Å²) in [7, 11) is 1.39. The summed E-state index contributed by atoms with van der Waals surface area (Å²) >= 11 is 0. The molecule has 14 nitrogen and oxygen atoms in total. The van der Waals surface area contributed by atoms with Crippen molar-refractivity contribution in [2.75, 3.05) is 43.1 Å². The smallest absolute Gasteiger partial charge is 0.341 e. The van der Waals surface area contributed by atoms with Crippen molar-refractivity contribution in [2.45, 2.75) is 38.9 Å². The van der Waals surface area contributed by atoms with Crippen molar-refractivity contribution in [3.8, 4) is 0 Å². The Morgan fingerprint density at radius 3 is 2.53 bits per heavy atom. The Morgan fingerprint density at radius 2 is 1.83 bits per heavy atom. The number of fused-ring (bicyclic) bond motifs is 2. The Bertz CT molecular complexity index is 2040. The quantitative estimate of drug-likeness (QED) is 0.285. The maximum atomic E-state index is 15.4. The molecule has 242 valence electrons. The van der Waals surface area contributed by atoms with E-state index in [1.807, 2.05) is 30.0 Å². The van der Waals surface area contributed by atoms with E-state index in [2.05, 4.69) is 15.5 Å². The molecule has 4 aromatic rings. The Hall–Kier alpha value is -5.60. The van der Waals surface area contributed by atoms with Crippen molar-refractivity contribution in [2.24, 2.45) is 5.16 Å². The molecule has 15 heteroatoms. The van der Waals surface area contributed by atoms with E-state index in [1.54, 1.807) is 26.6 Å². The predicted molar refractivity (Wildman–Crippen MR) is 168 cm³/mol. The average Bonchev–Trinajstić information content (AvgIpc) is 3.75. The summed E-state index contributed by atoms with van der Waals surface area (Å²) in [5.41, 5.74) is 2.75. The van der Waals surface area contributed by atoms with Gasteiger partial charge in [0.2, 0.25) is 11.3 Å². The van der Waals surface area contributed by atoms with Gasteiger partial charge >= 0.3 is 5.97 Å². The van der Waals surface area contributed by atoms with Gasteiger partial charge in [-0.3, -0.25) is 14.4 Å². The zero-order valence-corrected chi connectivity index (χ0v) is 25.7. The molecular weight excluding hydrogens is 611 g/mol. The molecule has 2 amide bonds. The fraction of sp³-hybridized carbons (Fsp3) is 0.344. The zero-order valence-electron chi connectivity index (χ0n) is 25.7. The van der Waals surface area contributed by atoms with Gasteiger partial charge in [-0.15, -0.1) is 5.10 Å². The van der Waals surface area contributed by atoms with Gasteiger partial charge in [-0.2, -0.15) is 0 Å². The zero-order chi connectivity index (χ0) is 33.0. The maximum Gasteiger partial charge on any atom is 0.341 e. The molecule has 1 saturated heterocycles. The van der Waals surface area contributed by atoms with Gasteiger partial charge in [0.05, 0.1) is 29.6 Å². The van der Waals surface area contributed by atoms with Crippen LogP contribution in [-0.2, 0) is 27.5 Å². The Balaban J connectivity index is 1.02. The number of aromatic nitrogens is 4. The fourth-order valence-corrected chi connectivity index (χ4v) is 6.26. The number of aryl methyl sites for hydroxylation is 1. The standard InChI is InChI=1S/C32H31FN8O6/c1-18-3-6-25-21(11-18)29(35-47-2)31(44)41(25)15-19-14-39(36-34-19)17-28(42)38-9-7-37(8-10-38)27-13-26-22(12-24(27)33)30(43)23(32(45)46)16-40(26)20-4-5-20/h3,6,11-14,16,20H,4-5,7-10,15,17H2,1-2H3,(H,45,46)/b35-29+. The molecule has 2 aromatic carbocycles. The van der Waals surface area contributed by atoms with Crippen LogP contribution in [0.15, 0.2) is 52.7 Å². The molecule has 47 heavy (non-hydrogen) atoms. The molecule has 2 aliphatic heterocycles. The third-order valence-corrected chi connectivity index (χ3v) is 8.78. The van der Waals surface area contributed by atoms with E-state index in [1.165, 1.54) is 18.0 Å². The number of hydrogen-bond donors (Lipinski definition) is 1. The maximum absolute atomic E-state index is 15.4. The summed E-state index contributed by atoms with van der Waals surface area (Å²) in [4.78, 5) is 60.7. The summed E-state index contributed by atoms with van der Waals surface area (Å²) in [5.74, 6) is -2.46. The first-order valence-corrected chi connectivity index (χ1v) is 15.2. The van der Waals surface area contributed by atoms with Crippen molar-refractivity contribution < 1.29 is 28.7 Å². The van der Waals surface area contributed by atoms with Gasteiger partial charge in [-0.1, -0.05) is 22.0 Å². The minimum atomic E-state index is -1.34. The number of rotatable bonds is 8. The van der Waals surface area contributed by atoms with E-state index in [-0.39, 0.29) is 47.6 Å². The first-order valence-electron chi connectivity index (χ1n) is 15.2. The van der Waals surface area contributed by atoms with Gasteiger partial charge < -0.3 is 29.2 Å². The van der Waals surface area contributed by atoms with Crippen LogP contribution >= 0.6 is 0 Å². The van der Waals surface area contributed by atoms with E-state index in [0.717, 1.165) is 24.5 Å². The van der Waals surface area contributed by atoms with Gasteiger partial charge in [0.1, 0.15) is 30.7 Å². The number of aromatic carboxylic acids is 1. The third kappa shape index (κ3) is 5.47. The average molecular weight is 643 g/mol. The molecular formula is C32H31FN8O6. The molecule has 3 aliphatic rings. The Labute approximate surface area is 267 Å². The number of carboxylic acids is 1. The number of hydrogen-bond acceptors (Lipinski definition) is 9. The first kappa shape index (κ1) is 30.1. The lowest BCUT2D eigenvalue weighted by Gasteiger charge is -2.36. The van der Waals surface area contributed by atoms with E-state index < -0.39 is 17.2 Å². The summed E-state index contributed by atoms with van der Waals surface area (Å²) in [5, 5.41) is 21.7. The van der Waals surface area contributed by atoms with E-state index in [9.17, 15) is 24.3 Å². The second kappa shape index (κ2) is 11.6. The highest BCUT2D eigenvalue weighted by Gasteiger charge is 2.35. The molecule has 0 bridgehead atoms. The Morgan fingerprint density at radius 1 is 1.06 bits per heavy atom. The lowest BCUT2D eigenvalue weighted by atomic mass is 10.1. The molecule has 2 fully saturated rings. The van der Waals surface area contributed by atoms with Crippen LogP contribution in [0.3, 0.4) is 0 Å². The number of amides is 2. The summed E-state index contributed by atoms with van der Waals surface area (Å²) in [6.07, 6.45) is 4.69. The molecule has 1 saturated carbocycles. The second-order valence-electron chi connectivity index (χ2n) is 11.9. The molecule has 0 atom stereocenters. The Kier molecular flexibility index (Phi) is 7.45. The van der Waals surface area contributed by atoms with Crippen LogP contribution in [-0.4, -0.2) is 86.4 Å². The molecule has 1 aliphatic carbocycles. The lowest BCUT2D eigenvalue weighted by molar-refractivity contribution is -0.132. The van der Waals surface area contributed by atoms with Crippen molar-refractivity contribution in [3.63, 3.8) is 0 Å². The minimum Gasteiger partial charge on any atom is -0.477 e. The van der Waals surface area contributed by atoms with E-state index in [0.29, 0.717) is 54.3 Å². The number of oxime groups is 1. The molecule has 0 unspecified atom stereocenters. The summed E-state index contributed by atoms with van der Waals surface area (Å²) in [6.45, 7) is 3.40. The number of benzene rings is 2. The van der Waals surface area contributed by atoms with Gasteiger partial charge in [-0.05, 0) is 44.0 Å². The van der Waals surface area contributed by atoms with Crippen molar-refractivity contribution >= 4 is 45.8 Å².